The molecule has 0 saturated carbocycles. The van der Waals surface area contributed by atoms with Crippen molar-refractivity contribution >= 4 is 23.2 Å². The largest absolute Gasteiger partial charge is 0.130 e. The first-order valence-electron chi connectivity index (χ1n) is 2.35. The molecule has 0 heterocycles. The van der Waals surface area contributed by atoms with Gasteiger partial charge in [-0.25, -0.2) is 0 Å². The van der Waals surface area contributed by atoms with Gasteiger partial charge in [0.2, 0.25) is 0 Å². The number of hydrogen-bond donors (Lipinski definition) is 0. The van der Waals surface area contributed by atoms with Crippen LogP contribution >= 0.6 is 23.2 Å². The molecule has 0 aliphatic rings. The van der Waals surface area contributed by atoms with E-state index in [0.29, 0.717) is 0 Å². The van der Waals surface area contributed by atoms with Crippen molar-refractivity contribution in [2.24, 2.45) is 0 Å². The van der Waals surface area contributed by atoms with Gasteiger partial charge in [-0.05, 0) is 6.42 Å². The Kier molecular flexibility index (Phi) is 24.1. The second kappa shape index (κ2) is 16.0. The maximum absolute atomic E-state index is 5.30. The molecule has 7 heavy (non-hydrogen) atoms. The summed E-state index contributed by atoms with van der Waals surface area (Å²) in [7, 11) is 0. The molecule has 46 valence electrons. The predicted octanol–water partition coefficient (Wildman–Crippen LogP) is 2.88. The Morgan fingerprint density at radius 2 is 1.71 bits per heavy atom. The minimum absolute atomic E-state index is 0.816. The van der Waals surface area contributed by atoms with E-state index >= 15 is 0 Å². The molecule has 0 nitrogen and oxygen atoms in total. The van der Waals surface area contributed by atoms with Crippen LogP contribution in [0.15, 0.2) is 0 Å². The Morgan fingerprint density at radius 3 is 1.71 bits per heavy atom. The van der Waals surface area contributed by atoms with Gasteiger partial charge in [-0.2, -0.15) is 0 Å². The van der Waals surface area contributed by atoms with Crippen molar-refractivity contribution in [2.45, 2.75) is 19.8 Å². The zero-order valence-electron chi connectivity index (χ0n) is 4.88. The molecule has 0 N–H and O–H groups in total. The van der Waals surface area contributed by atoms with Gasteiger partial charge in [-0.1, -0.05) is 13.3 Å². The quantitative estimate of drug-likeness (QED) is 0.521. The van der Waals surface area contributed by atoms with Crippen LogP contribution in [0.5, 0.6) is 0 Å². The molecular weight excluding hydrogens is 131 g/mol. The van der Waals surface area contributed by atoms with Gasteiger partial charge in [-0.3, -0.25) is 0 Å². The topological polar surface area (TPSA) is 0 Å². The highest BCUT2D eigenvalue weighted by atomic mass is 35.5. The van der Waals surface area contributed by atoms with Gasteiger partial charge in [0.05, 0.1) is 0 Å². The predicted molar refractivity (Wildman–Crippen MR) is 37.4 cm³/mol. The van der Waals surface area contributed by atoms with E-state index in [1.54, 1.807) is 0 Å². The summed E-state index contributed by atoms with van der Waals surface area (Å²) in [4.78, 5) is 0. The minimum atomic E-state index is 0.816. The summed E-state index contributed by atoms with van der Waals surface area (Å²) in [6.45, 7) is 2.13. The maximum Gasteiger partial charge on any atom is 0.0223 e. The van der Waals surface area contributed by atoms with Crippen molar-refractivity contribution < 1.29 is 0 Å². The number of alkyl halides is 2. The van der Waals surface area contributed by atoms with E-state index in [9.17, 15) is 0 Å². The van der Waals surface area contributed by atoms with E-state index in [1.807, 2.05) is 0 Å². The van der Waals surface area contributed by atoms with E-state index in [-0.39, 0.29) is 0 Å². The van der Waals surface area contributed by atoms with Gasteiger partial charge in [0.15, 0.2) is 0 Å². The molecule has 0 amide bonds. The van der Waals surface area contributed by atoms with Crippen molar-refractivity contribution in [3.63, 3.8) is 0 Å². The number of unbranched alkanes of at least 4 members (excludes halogenated alkanes) is 1. The summed E-state index contributed by atoms with van der Waals surface area (Å²) >= 11 is 9.94. The summed E-state index contributed by atoms with van der Waals surface area (Å²) in [6, 6.07) is 0. The van der Waals surface area contributed by atoms with E-state index in [1.165, 1.54) is 12.8 Å². The molecule has 0 saturated heterocycles. The SMILES string of the molecule is CCCCCl.CCl. The highest BCUT2D eigenvalue weighted by Crippen LogP contribution is 1.86. The lowest BCUT2D eigenvalue weighted by molar-refractivity contribution is 0.892. The molecule has 0 spiro atoms. The van der Waals surface area contributed by atoms with Crippen LogP contribution in [0, 0.1) is 0 Å². The van der Waals surface area contributed by atoms with Gasteiger partial charge in [0.25, 0.3) is 0 Å². The summed E-state index contributed by atoms with van der Waals surface area (Å²) in [5.41, 5.74) is 0. The molecule has 0 aromatic carbocycles. The smallest absolute Gasteiger partial charge is 0.0223 e. The standard InChI is InChI=1S/C4H9Cl.CH3Cl/c1-2-3-4-5;1-2/h2-4H2,1H3;1H3. The highest BCUT2D eigenvalue weighted by Gasteiger charge is 1.70. The zero-order chi connectivity index (χ0) is 6.12. The van der Waals surface area contributed by atoms with Crippen LogP contribution in [0.25, 0.3) is 0 Å². The summed E-state index contributed by atoms with van der Waals surface area (Å²) in [5, 5.41) is 0. The Bertz CT molecular complexity index is 13.6. The monoisotopic (exact) mass is 142 g/mol. The summed E-state index contributed by atoms with van der Waals surface area (Å²) < 4.78 is 0. The lowest BCUT2D eigenvalue weighted by Gasteiger charge is -1.77. The summed E-state index contributed by atoms with van der Waals surface area (Å²) in [5.74, 6) is 0.816. The molecular formula is C5H12Cl2. The minimum Gasteiger partial charge on any atom is -0.130 e. The number of rotatable bonds is 2. The van der Waals surface area contributed by atoms with Crippen molar-refractivity contribution in [1.82, 2.24) is 0 Å². The average molecular weight is 143 g/mol. The Morgan fingerprint density at radius 1 is 1.29 bits per heavy atom. The van der Waals surface area contributed by atoms with Gasteiger partial charge < -0.3 is 0 Å². The molecule has 0 atom stereocenters. The highest BCUT2D eigenvalue weighted by molar-refractivity contribution is 6.17. The first kappa shape index (κ1) is 10.5. The molecule has 0 aromatic heterocycles. The van der Waals surface area contributed by atoms with E-state index in [2.05, 4.69) is 18.5 Å². The van der Waals surface area contributed by atoms with Crippen molar-refractivity contribution in [1.29, 1.82) is 0 Å². The van der Waals surface area contributed by atoms with E-state index in [0.717, 1.165) is 12.3 Å². The van der Waals surface area contributed by atoms with Crippen LogP contribution in [-0.4, -0.2) is 12.3 Å². The second-order valence-corrected chi connectivity index (χ2v) is 1.42. The second-order valence-electron chi connectivity index (χ2n) is 1.04. The van der Waals surface area contributed by atoms with Crippen LogP contribution in [0.2, 0.25) is 0 Å². The lowest BCUT2D eigenvalue weighted by Crippen LogP contribution is -1.65. The number of halogens is 2. The van der Waals surface area contributed by atoms with Crippen LogP contribution in [-0.2, 0) is 0 Å². The van der Waals surface area contributed by atoms with Gasteiger partial charge >= 0.3 is 0 Å². The fraction of sp³-hybridized carbons (Fsp3) is 1.00. The van der Waals surface area contributed by atoms with Crippen molar-refractivity contribution in [3.8, 4) is 0 Å². The molecule has 0 bridgehead atoms. The van der Waals surface area contributed by atoms with Crippen LogP contribution in [0.3, 0.4) is 0 Å². The lowest BCUT2D eigenvalue weighted by atomic mass is 10.4. The fourth-order valence-corrected chi connectivity index (χ4v) is 0.401. The molecule has 0 aliphatic carbocycles. The van der Waals surface area contributed by atoms with Gasteiger partial charge in [-0.15, -0.1) is 23.2 Å². The van der Waals surface area contributed by atoms with E-state index in [4.69, 9.17) is 11.6 Å². The van der Waals surface area contributed by atoms with Crippen LogP contribution in [0.1, 0.15) is 19.8 Å². The molecule has 0 unspecified atom stereocenters. The third-order valence-electron chi connectivity index (χ3n) is 0.487. The maximum atomic E-state index is 5.30. The van der Waals surface area contributed by atoms with Crippen molar-refractivity contribution in [2.75, 3.05) is 12.3 Å². The van der Waals surface area contributed by atoms with Crippen LogP contribution < -0.4 is 0 Å². The third-order valence-corrected chi connectivity index (χ3v) is 0.754. The Labute approximate surface area is 55.8 Å². The van der Waals surface area contributed by atoms with Gasteiger partial charge in [0.1, 0.15) is 0 Å². The molecule has 2 heteroatoms. The van der Waals surface area contributed by atoms with Gasteiger partial charge in [0, 0.05) is 12.3 Å². The zero-order valence-corrected chi connectivity index (χ0v) is 6.39. The fourth-order valence-electron chi connectivity index (χ4n) is 0.134. The molecule has 0 rings (SSSR count). The number of hydrogen-bond acceptors (Lipinski definition) is 0. The molecule has 0 aliphatic heterocycles. The average Bonchev–Trinajstić information content (AvgIpc) is 1.75. The first-order chi connectivity index (χ1) is 3.41. The van der Waals surface area contributed by atoms with Crippen LogP contribution in [0.4, 0.5) is 0 Å². The third kappa shape index (κ3) is 20.7. The Balaban J connectivity index is 0. The molecule has 0 aromatic rings. The Hall–Kier alpha value is 0.580. The first-order valence-corrected chi connectivity index (χ1v) is 3.64. The molecule has 0 radical (unpaired) electrons. The molecule has 0 fully saturated rings. The van der Waals surface area contributed by atoms with Crippen molar-refractivity contribution in [3.05, 3.63) is 0 Å². The summed E-state index contributed by atoms with van der Waals surface area (Å²) in [6.07, 6.45) is 3.84. The normalized spacial score (nSPS) is 6.86. The van der Waals surface area contributed by atoms with E-state index < -0.39 is 0 Å².